The average Bonchev–Trinajstić information content (AvgIpc) is 2.56. The number of hydrogen-bond acceptors (Lipinski definition) is 3. The first kappa shape index (κ1) is 18.6. The standard InChI is InChI=1S/C19H21N3O2S/c1-13-6-4-5-7-16(13)18(24)21-19(25)20-15-10-8-14(9-11-15)12-17(23)22(2)3/h4-11H,12H2,1-3H3,(H2,20,21,24,25). The molecule has 0 fully saturated rings. The van der Waals surface area contributed by atoms with Crippen LogP contribution in [0.4, 0.5) is 5.69 Å². The molecule has 0 heterocycles. The van der Waals surface area contributed by atoms with Gasteiger partial charge in [0.25, 0.3) is 5.91 Å². The quantitative estimate of drug-likeness (QED) is 0.828. The van der Waals surface area contributed by atoms with Crippen LogP contribution in [0.2, 0.25) is 0 Å². The van der Waals surface area contributed by atoms with Gasteiger partial charge in [-0.1, -0.05) is 30.3 Å². The third-order valence-electron chi connectivity index (χ3n) is 3.68. The van der Waals surface area contributed by atoms with Crippen LogP contribution in [0, 0.1) is 6.92 Å². The second-order valence-electron chi connectivity index (χ2n) is 5.89. The molecule has 0 aromatic heterocycles. The van der Waals surface area contributed by atoms with Gasteiger partial charge in [0.05, 0.1) is 6.42 Å². The molecule has 0 atom stereocenters. The van der Waals surface area contributed by atoms with Gasteiger partial charge in [0.15, 0.2) is 5.11 Å². The van der Waals surface area contributed by atoms with Crippen LogP contribution in [0.25, 0.3) is 0 Å². The number of anilines is 1. The molecule has 0 bridgehead atoms. The highest BCUT2D eigenvalue weighted by molar-refractivity contribution is 7.80. The number of carbonyl (C=O) groups excluding carboxylic acids is 2. The molecule has 2 rings (SSSR count). The van der Waals surface area contributed by atoms with Crippen LogP contribution in [0.3, 0.4) is 0 Å². The zero-order valence-electron chi connectivity index (χ0n) is 14.5. The lowest BCUT2D eigenvalue weighted by Crippen LogP contribution is -2.34. The van der Waals surface area contributed by atoms with Crippen molar-refractivity contribution in [3.63, 3.8) is 0 Å². The number of carbonyl (C=O) groups is 2. The van der Waals surface area contributed by atoms with Crippen LogP contribution >= 0.6 is 12.2 Å². The second-order valence-corrected chi connectivity index (χ2v) is 6.29. The summed E-state index contributed by atoms with van der Waals surface area (Å²) in [7, 11) is 3.46. The van der Waals surface area contributed by atoms with E-state index in [2.05, 4.69) is 10.6 Å². The summed E-state index contributed by atoms with van der Waals surface area (Å²) in [5.74, 6) is -0.203. The third kappa shape index (κ3) is 5.39. The van der Waals surface area contributed by atoms with Crippen molar-refractivity contribution in [2.24, 2.45) is 0 Å². The molecule has 0 spiro atoms. The van der Waals surface area contributed by atoms with Crippen molar-refractivity contribution in [3.05, 3.63) is 65.2 Å². The monoisotopic (exact) mass is 355 g/mol. The number of hydrogen-bond donors (Lipinski definition) is 2. The van der Waals surface area contributed by atoms with Crippen molar-refractivity contribution >= 4 is 34.8 Å². The fraction of sp³-hybridized carbons (Fsp3) is 0.211. The predicted octanol–water partition coefficient (Wildman–Crippen LogP) is 2.75. The second kappa shape index (κ2) is 8.39. The molecule has 0 saturated heterocycles. The van der Waals surface area contributed by atoms with Gasteiger partial charge in [-0.3, -0.25) is 14.9 Å². The Bertz CT molecular complexity index is 786. The van der Waals surface area contributed by atoms with E-state index in [0.29, 0.717) is 12.0 Å². The summed E-state index contributed by atoms with van der Waals surface area (Å²) < 4.78 is 0. The molecule has 5 nitrogen and oxygen atoms in total. The summed E-state index contributed by atoms with van der Waals surface area (Å²) in [6.45, 7) is 1.87. The lowest BCUT2D eigenvalue weighted by atomic mass is 10.1. The summed E-state index contributed by atoms with van der Waals surface area (Å²) in [5, 5.41) is 5.86. The minimum atomic E-state index is -0.246. The molecule has 0 saturated carbocycles. The molecule has 25 heavy (non-hydrogen) atoms. The molecule has 2 aromatic rings. The first-order valence-electron chi connectivity index (χ1n) is 7.84. The van der Waals surface area contributed by atoms with Crippen LogP contribution in [0.5, 0.6) is 0 Å². The van der Waals surface area contributed by atoms with E-state index in [-0.39, 0.29) is 16.9 Å². The SMILES string of the molecule is Cc1ccccc1C(=O)NC(=S)Nc1ccc(CC(=O)N(C)C)cc1. The first-order valence-corrected chi connectivity index (χ1v) is 8.24. The molecule has 130 valence electrons. The Balaban J connectivity index is 1.93. The van der Waals surface area contributed by atoms with Gasteiger partial charge in [0.2, 0.25) is 5.91 Å². The number of thiocarbonyl (C=S) groups is 1. The number of likely N-dealkylation sites (N-methyl/N-ethyl adjacent to an activating group) is 1. The molecular weight excluding hydrogens is 334 g/mol. The van der Waals surface area contributed by atoms with Crippen LogP contribution in [-0.4, -0.2) is 35.9 Å². The number of nitrogens with one attached hydrogen (secondary N) is 2. The Hall–Kier alpha value is -2.73. The van der Waals surface area contributed by atoms with Crippen LogP contribution in [0.1, 0.15) is 21.5 Å². The van der Waals surface area contributed by atoms with E-state index in [1.54, 1.807) is 25.1 Å². The molecule has 0 aliphatic rings. The molecule has 2 aromatic carbocycles. The number of nitrogens with zero attached hydrogens (tertiary/aromatic N) is 1. The maximum Gasteiger partial charge on any atom is 0.257 e. The summed E-state index contributed by atoms with van der Waals surface area (Å²) >= 11 is 5.19. The Labute approximate surface area is 153 Å². The Morgan fingerprint density at radius 1 is 1.04 bits per heavy atom. The summed E-state index contributed by atoms with van der Waals surface area (Å²) in [6, 6.07) is 14.7. The minimum absolute atomic E-state index is 0.0433. The van der Waals surface area contributed by atoms with Gasteiger partial charge in [0, 0.05) is 25.3 Å². The van der Waals surface area contributed by atoms with E-state index in [1.165, 1.54) is 0 Å². The molecule has 0 unspecified atom stereocenters. The zero-order valence-corrected chi connectivity index (χ0v) is 15.3. The van der Waals surface area contributed by atoms with Gasteiger partial charge >= 0.3 is 0 Å². The third-order valence-corrected chi connectivity index (χ3v) is 3.89. The lowest BCUT2D eigenvalue weighted by molar-refractivity contribution is -0.127. The van der Waals surface area contributed by atoms with Crippen molar-refractivity contribution < 1.29 is 9.59 Å². The normalized spacial score (nSPS) is 10.0. The van der Waals surface area contributed by atoms with Crippen molar-refractivity contribution in [2.75, 3.05) is 19.4 Å². The average molecular weight is 355 g/mol. The van der Waals surface area contributed by atoms with Crippen LogP contribution < -0.4 is 10.6 Å². The summed E-state index contributed by atoms with van der Waals surface area (Å²) in [5.41, 5.74) is 3.14. The fourth-order valence-corrected chi connectivity index (χ4v) is 2.41. The van der Waals surface area contributed by atoms with E-state index in [1.807, 2.05) is 49.4 Å². The molecule has 2 amide bonds. The van der Waals surface area contributed by atoms with E-state index in [0.717, 1.165) is 16.8 Å². The summed E-state index contributed by atoms with van der Waals surface area (Å²) in [4.78, 5) is 25.5. The van der Waals surface area contributed by atoms with Crippen molar-refractivity contribution in [1.29, 1.82) is 0 Å². The maximum absolute atomic E-state index is 12.2. The van der Waals surface area contributed by atoms with Crippen LogP contribution in [0.15, 0.2) is 48.5 Å². The molecule has 0 radical (unpaired) electrons. The fourth-order valence-electron chi connectivity index (χ4n) is 2.20. The van der Waals surface area contributed by atoms with Gasteiger partial charge < -0.3 is 10.2 Å². The molecule has 2 N–H and O–H groups in total. The largest absolute Gasteiger partial charge is 0.349 e. The summed E-state index contributed by atoms with van der Waals surface area (Å²) in [6.07, 6.45) is 0.349. The first-order chi connectivity index (χ1) is 11.9. The molecule has 6 heteroatoms. The zero-order chi connectivity index (χ0) is 18.4. The topological polar surface area (TPSA) is 61.4 Å². The van der Waals surface area contributed by atoms with Crippen LogP contribution in [-0.2, 0) is 11.2 Å². The van der Waals surface area contributed by atoms with E-state index in [9.17, 15) is 9.59 Å². The molecule has 0 aliphatic heterocycles. The Kier molecular flexibility index (Phi) is 6.25. The Morgan fingerprint density at radius 3 is 2.28 bits per heavy atom. The lowest BCUT2D eigenvalue weighted by Gasteiger charge is -2.12. The number of amides is 2. The van der Waals surface area contributed by atoms with Gasteiger partial charge in [0.1, 0.15) is 0 Å². The van der Waals surface area contributed by atoms with Crippen molar-refractivity contribution in [1.82, 2.24) is 10.2 Å². The maximum atomic E-state index is 12.2. The van der Waals surface area contributed by atoms with E-state index in [4.69, 9.17) is 12.2 Å². The minimum Gasteiger partial charge on any atom is -0.349 e. The predicted molar refractivity (Wildman–Crippen MR) is 104 cm³/mol. The van der Waals surface area contributed by atoms with Crippen molar-refractivity contribution in [2.45, 2.75) is 13.3 Å². The van der Waals surface area contributed by atoms with Gasteiger partial charge in [-0.05, 0) is 48.5 Å². The number of rotatable bonds is 4. The smallest absolute Gasteiger partial charge is 0.257 e. The molecule has 0 aliphatic carbocycles. The molecular formula is C19H21N3O2S. The van der Waals surface area contributed by atoms with Gasteiger partial charge in [-0.2, -0.15) is 0 Å². The highest BCUT2D eigenvalue weighted by Gasteiger charge is 2.10. The van der Waals surface area contributed by atoms with E-state index < -0.39 is 0 Å². The van der Waals surface area contributed by atoms with Crippen molar-refractivity contribution in [3.8, 4) is 0 Å². The number of aryl methyl sites for hydroxylation is 1. The highest BCUT2D eigenvalue weighted by Crippen LogP contribution is 2.11. The van der Waals surface area contributed by atoms with Gasteiger partial charge in [-0.25, -0.2) is 0 Å². The Morgan fingerprint density at radius 2 is 1.68 bits per heavy atom. The highest BCUT2D eigenvalue weighted by atomic mass is 32.1. The number of benzene rings is 2. The van der Waals surface area contributed by atoms with E-state index >= 15 is 0 Å². The van der Waals surface area contributed by atoms with Gasteiger partial charge in [-0.15, -0.1) is 0 Å².